The largest absolute Gasteiger partial charge is 0.383 e. The van der Waals surface area contributed by atoms with Crippen LogP contribution in [0.15, 0.2) is 71.3 Å². The molecule has 124 valence electrons. The van der Waals surface area contributed by atoms with Crippen LogP contribution in [0.5, 0.6) is 0 Å². The highest BCUT2D eigenvalue weighted by molar-refractivity contribution is 5.58. The van der Waals surface area contributed by atoms with Crippen molar-refractivity contribution in [3.8, 4) is 11.3 Å². The molecule has 1 heterocycles. The van der Waals surface area contributed by atoms with E-state index in [2.05, 4.69) is 34.3 Å². The van der Waals surface area contributed by atoms with E-state index in [1.807, 2.05) is 42.5 Å². The first kappa shape index (κ1) is 16.4. The molecule has 2 aromatic carbocycles. The van der Waals surface area contributed by atoms with E-state index in [0.29, 0.717) is 13.2 Å². The van der Waals surface area contributed by atoms with Crippen LogP contribution >= 0.6 is 0 Å². The van der Waals surface area contributed by atoms with Crippen molar-refractivity contribution in [3.63, 3.8) is 0 Å². The number of methoxy groups -OCH3 is 1. The van der Waals surface area contributed by atoms with Gasteiger partial charge in [0.1, 0.15) is 5.69 Å². The summed E-state index contributed by atoms with van der Waals surface area (Å²) in [7, 11) is 1.72. The van der Waals surface area contributed by atoms with Gasteiger partial charge in [-0.2, -0.15) is 0 Å². The van der Waals surface area contributed by atoms with E-state index in [9.17, 15) is 0 Å². The van der Waals surface area contributed by atoms with Crippen LogP contribution in [0.25, 0.3) is 11.3 Å². The molecule has 0 radical (unpaired) electrons. The summed E-state index contributed by atoms with van der Waals surface area (Å²) in [5.41, 5.74) is 3.22. The monoisotopic (exact) mass is 322 g/mol. The second-order valence-corrected chi connectivity index (χ2v) is 5.73. The standard InChI is InChI=1S/C20H22N2O2/c1-23-13-12-22(15-17-8-4-2-5-9-17)16-19-14-20(21-24-19)18-10-6-3-7-11-18/h2-11,14H,12-13,15-16H2,1H3. The molecule has 0 N–H and O–H groups in total. The van der Waals surface area contributed by atoms with Crippen LogP contribution in [0.3, 0.4) is 0 Å². The summed E-state index contributed by atoms with van der Waals surface area (Å²) in [4.78, 5) is 2.30. The Morgan fingerprint density at radius 1 is 0.958 bits per heavy atom. The fraction of sp³-hybridized carbons (Fsp3) is 0.250. The van der Waals surface area contributed by atoms with Crippen molar-refractivity contribution in [2.45, 2.75) is 13.1 Å². The van der Waals surface area contributed by atoms with Crippen LogP contribution in [0, 0.1) is 0 Å². The summed E-state index contributed by atoms with van der Waals surface area (Å²) in [5, 5.41) is 4.19. The van der Waals surface area contributed by atoms with Crippen molar-refractivity contribution in [1.29, 1.82) is 0 Å². The Labute approximate surface area is 142 Å². The summed E-state index contributed by atoms with van der Waals surface area (Å²) in [6.45, 7) is 3.09. The molecule has 3 rings (SSSR count). The number of rotatable bonds is 8. The second-order valence-electron chi connectivity index (χ2n) is 5.73. The number of aromatic nitrogens is 1. The molecular formula is C20H22N2O2. The molecule has 1 aromatic heterocycles. The molecule has 0 atom stereocenters. The van der Waals surface area contributed by atoms with Crippen molar-refractivity contribution < 1.29 is 9.26 Å². The number of ether oxygens (including phenoxy) is 1. The van der Waals surface area contributed by atoms with Crippen LogP contribution in [-0.4, -0.2) is 30.3 Å². The lowest BCUT2D eigenvalue weighted by atomic mass is 10.1. The highest BCUT2D eigenvalue weighted by Crippen LogP contribution is 2.20. The van der Waals surface area contributed by atoms with Crippen LogP contribution < -0.4 is 0 Å². The number of nitrogens with zero attached hydrogens (tertiary/aromatic N) is 2. The Hall–Kier alpha value is -2.43. The molecular weight excluding hydrogens is 300 g/mol. The van der Waals surface area contributed by atoms with Gasteiger partial charge < -0.3 is 9.26 Å². The molecule has 0 aliphatic heterocycles. The van der Waals surface area contributed by atoms with Gasteiger partial charge in [-0.1, -0.05) is 65.8 Å². The first-order valence-corrected chi connectivity index (χ1v) is 8.11. The maximum Gasteiger partial charge on any atom is 0.151 e. The summed E-state index contributed by atoms with van der Waals surface area (Å²) >= 11 is 0. The Morgan fingerprint density at radius 2 is 1.67 bits per heavy atom. The van der Waals surface area contributed by atoms with Crippen LogP contribution in [0.1, 0.15) is 11.3 Å². The topological polar surface area (TPSA) is 38.5 Å². The van der Waals surface area contributed by atoms with Gasteiger partial charge in [-0.3, -0.25) is 4.90 Å². The Balaban J connectivity index is 1.69. The third-order valence-electron chi connectivity index (χ3n) is 3.87. The van der Waals surface area contributed by atoms with Gasteiger partial charge in [0.2, 0.25) is 0 Å². The summed E-state index contributed by atoms with van der Waals surface area (Å²) < 4.78 is 10.8. The molecule has 0 amide bonds. The van der Waals surface area contributed by atoms with Gasteiger partial charge in [0.05, 0.1) is 13.2 Å². The maximum absolute atomic E-state index is 5.53. The third kappa shape index (κ3) is 4.54. The predicted molar refractivity (Wildman–Crippen MR) is 94.4 cm³/mol. The number of hydrogen-bond acceptors (Lipinski definition) is 4. The average Bonchev–Trinajstić information content (AvgIpc) is 3.10. The number of benzene rings is 2. The Kier molecular flexibility index (Phi) is 5.77. The van der Waals surface area contributed by atoms with Crippen LogP contribution in [-0.2, 0) is 17.8 Å². The maximum atomic E-state index is 5.53. The van der Waals surface area contributed by atoms with Gasteiger partial charge in [-0.05, 0) is 5.56 Å². The van der Waals surface area contributed by atoms with E-state index in [1.165, 1.54) is 5.56 Å². The zero-order chi connectivity index (χ0) is 16.6. The molecule has 0 unspecified atom stereocenters. The molecule has 0 spiro atoms. The Morgan fingerprint density at radius 3 is 2.38 bits per heavy atom. The molecule has 3 aromatic rings. The van der Waals surface area contributed by atoms with Gasteiger partial charge in [0.15, 0.2) is 5.76 Å². The fourth-order valence-electron chi connectivity index (χ4n) is 2.63. The summed E-state index contributed by atoms with van der Waals surface area (Å²) in [6.07, 6.45) is 0. The van der Waals surface area contributed by atoms with Crippen molar-refractivity contribution >= 4 is 0 Å². The zero-order valence-electron chi connectivity index (χ0n) is 13.9. The lowest BCUT2D eigenvalue weighted by Gasteiger charge is -2.20. The van der Waals surface area contributed by atoms with Gasteiger partial charge in [-0.15, -0.1) is 0 Å². The fourth-order valence-corrected chi connectivity index (χ4v) is 2.63. The van der Waals surface area contributed by atoms with Crippen molar-refractivity contribution in [1.82, 2.24) is 10.1 Å². The highest BCUT2D eigenvalue weighted by Gasteiger charge is 2.12. The van der Waals surface area contributed by atoms with Crippen molar-refractivity contribution in [3.05, 3.63) is 78.1 Å². The smallest absolute Gasteiger partial charge is 0.151 e. The van der Waals surface area contributed by atoms with E-state index >= 15 is 0 Å². The van der Waals surface area contributed by atoms with Gasteiger partial charge in [-0.25, -0.2) is 0 Å². The third-order valence-corrected chi connectivity index (χ3v) is 3.87. The van der Waals surface area contributed by atoms with Crippen molar-refractivity contribution in [2.75, 3.05) is 20.3 Å². The summed E-state index contributed by atoms with van der Waals surface area (Å²) in [5.74, 6) is 0.862. The van der Waals surface area contributed by atoms with E-state index < -0.39 is 0 Å². The molecule has 0 bridgehead atoms. The second kappa shape index (κ2) is 8.43. The van der Waals surface area contributed by atoms with E-state index in [1.54, 1.807) is 7.11 Å². The van der Waals surface area contributed by atoms with E-state index in [-0.39, 0.29) is 0 Å². The lowest BCUT2D eigenvalue weighted by molar-refractivity contribution is 0.133. The molecule has 4 heteroatoms. The van der Waals surface area contributed by atoms with E-state index in [0.717, 1.165) is 30.1 Å². The van der Waals surface area contributed by atoms with Gasteiger partial charge in [0, 0.05) is 31.8 Å². The zero-order valence-corrected chi connectivity index (χ0v) is 13.9. The lowest BCUT2D eigenvalue weighted by Crippen LogP contribution is -2.26. The SMILES string of the molecule is COCCN(Cc1ccccc1)Cc1cc(-c2ccccc2)no1. The minimum Gasteiger partial charge on any atom is -0.383 e. The molecule has 0 aliphatic rings. The average molecular weight is 322 g/mol. The Bertz CT molecular complexity index is 726. The minimum absolute atomic E-state index is 0.687. The molecule has 0 saturated carbocycles. The van der Waals surface area contributed by atoms with Gasteiger partial charge in [0.25, 0.3) is 0 Å². The van der Waals surface area contributed by atoms with Gasteiger partial charge >= 0.3 is 0 Å². The van der Waals surface area contributed by atoms with Crippen molar-refractivity contribution in [2.24, 2.45) is 0 Å². The first-order valence-electron chi connectivity index (χ1n) is 8.11. The molecule has 0 fully saturated rings. The molecule has 0 aliphatic carbocycles. The van der Waals surface area contributed by atoms with E-state index in [4.69, 9.17) is 9.26 Å². The molecule has 4 nitrogen and oxygen atoms in total. The quantitative estimate of drug-likeness (QED) is 0.628. The van der Waals surface area contributed by atoms with Crippen LogP contribution in [0.2, 0.25) is 0 Å². The normalized spacial score (nSPS) is 11.1. The first-order chi connectivity index (χ1) is 11.8. The van der Waals surface area contributed by atoms with Crippen LogP contribution in [0.4, 0.5) is 0 Å². The summed E-state index contributed by atoms with van der Waals surface area (Å²) in [6, 6.07) is 22.5. The minimum atomic E-state index is 0.687. The highest BCUT2D eigenvalue weighted by atomic mass is 16.5. The number of hydrogen-bond donors (Lipinski definition) is 0. The molecule has 0 saturated heterocycles. The molecule has 24 heavy (non-hydrogen) atoms. The predicted octanol–water partition coefficient (Wildman–Crippen LogP) is 3.99.